The van der Waals surface area contributed by atoms with E-state index in [-0.39, 0.29) is 11.4 Å². The van der Waals surface area contributed by atoms with Gasteiger partial charge in [-0.2, -0.15) is 0 Å². The van der Waals surface area contributed by atoms with Gasteiger partial charge in [-0.1, -0.05) is 41.7 Å². The number of methoxy groups -OCH3 is 1. The van der Waals surface area contributed by atoms with Crippen LogP contribution in [0.3, 0.4) is 0 Å². The van der Waals surface area contributed by atoms with E-state index in [1.54, 1.807) is 35.8 Å². The highest BCUT2D eigenvalue weighted by Crippen LogP contribution is 2.47. The van der Waals surface area contributed by atoms with Crippen molar-refractivity contribution in [2.75, 3.05) is 7.11 Å². The van der Waals surface area contributed by atoms with Gasteiger partial charge >= 0.3 is 5.97 Å². The molecule has 3 aromatic rings. The molecular formula is C22H17FN2O4S. The number of aromatic nitrogens is 1. The van der Waals surface area contributed by atoms with E-state index in [0.717, 1.165) is 5.56 Å². The number of halogens is 1. The number of para-hydroxylation sites is 1. The van der Waals surface area contributed by atoms with Crippen molar-refractivity contribution in [3.63, 3.8) is 0 Å². The molecule has 0 aliphatic carbocycles. The first kappa shape index (κ1) is 18.7. The second-order valence-corrected chi connectivity index (χ2v) is 8.38. The summed E-state index contributed by atoms with van der Waals surface area (Å²) in [6, 6.07) is 12.6. The number of benzene rings is 2. The molecule has 0 radical (unpaired) electrons. The van der Waals surface area contributed by atoms with Crippen molar-refractivity contribution >= 4 is 23.4 Å². The fraction of sp³-hybridized carbons (Fsp3) is 0.227. The van der Waals surface area contributed by atoms with Crippen LogP contribution >= 0.6 is 11.3 Å². The van der Waals surface area contributed by atoms with Crippen molar-refractivity contribution in [3.8, 4) is 5.75 Å². The lowest BCUT2D eigenvalue weighted by Crippen LogP contribution is -2.58. The molecule has 2 aliphatic heterocycles. The Morgan fingerprint density at radius 1 is 1.27 bits per heavy atom. The second-order valence-electron chi connectivity index (χ2n) is 7.37. The lowest BCUT2D eigenvalue weighted by Gasteiger charge is -2.44. The van der Waals surface area contributed by atoms with Gasteiger partial charge in [0.25, 0.3) is 5.56 Å². The average molecular weight is 424 g/mol. The molecule has 2 unspecified atom stereocenters. The number of fused-ring (bicyclic) bond motifs is 6. The van der Waals surface area contributed by atoms with Crippen LogP contribution in [-0.2, 0) is 9.53 Å². The fourth-order valence-corrected chi connectivity index (χ4v) is 5.24. The van der Waals surface area contributed by atoms with Gasteiger partial charge in [-0.15, -0.1) is 0 Å². The molecule has 3 atom stereocenters. The minimum atomic E-state index is -1.20. The van der Waals surface area contributed by atoms with Crippen LogP contribution in [0.15, 0.2) is 58.3 Å². The van der Waals surface area contributed by atoms with Gasteiger partial charge in [0.05, 0.1) is 17.7 Å². The molecule has 0 N–H and O–H groups in total. The topological polar surface area (TPSA) is 69.9 Å². The number of hydrogen-bond acceptors (Lipinski definition) is 6. The number of thiazole rings is 1. The molecule has 30 heavy (non-hydrogen) atoms. The molecule has 152 valence electrons. The summed E-state index contributed by atoms with van der Waals surface area (Å²) in [5.74, 6) is -1.06. The summed E-state index contributed by atoms with van der Waals surface area (Å²) in [5.41, 5.74) is -0.0326. The largest absolute Gasteiger partial charge is 0.469 e. The molecule has 0 fully saturated rings. The van der Waals surface area contributed by atoms with Crippen molar-refractivity contribution in [2.45, 2.75) is 18.7 Å². The molecule has 5 rings (SSSR count). The first-order valence-corrected chi connectivity index (χ1v) is 10.2. The number of ether oxygens (including phenoxy) is 2. The van der Waals surface area contributed by atoms with Crippen LogP contribution in [0.2, 0.25) is 0 Å². The number of hydrogen-bond donors (Lipinski definition) is 0. The molecule has 3 heterocycles. The summed E-state index contributed by atoms with van der Waals surface area (Å²) in [7, 11) is 1.31. The maximum absolute atomic E-state index is 13.4. The van der Waals surface area contributed by atoms with Gasteiger partial charge < -0.3 is 9.47 Å². The summed E-state index contributed by atoms with van der Waals surface area (Å²) < 4.78 is 26.4. The highest BCUT2D eigenvalue weighted by molar-refractivity contribution is 7.07. The Morgan fingerprint density at radius 3 is 2.73 bits per heavy atom. The number of esters is 1. The summed E-state index contributed by atoms with van der Waals surface area (Å²) in [6.07, 6.45) is 1.69. The van der Waals surface area contributed by atoms with Crippen molar-refractivity contribution in [1.29, 1.82) is 0 Å². The van der Waals surface area contributed by atoms with E-state index in [1.165, 1.54) is 30.6 Å². The summed E-state index contributed by atoms with van der Waals surface area (Å²) in [5, 5.41) is 0. The third-order valence-electron chi connectivity index (χ3n) is 5.50. The molecule has 0 amide bonds. The Morgan fingerprint density at radius 2 is 2.00 bits per heavy atom. The zero-order chi connectivity index (χ0) is 21.0. The third kappa shape index (κ3) is 2.71. The Kier molecular flexibility index (Phi) is 4.14. The molecule has 2 bridgehead atoms. The van der Waals surface area contributed by atoms with Gasteiger partial charge in [-0.3, -0.25) is 14.2 Å². The zero-order valence-electron chi connectivity index (χ0n) is 16.2. The molecular weight excluding hydrogens is 407 g/mol. The van der Waals surface area contributed by atoms with Gasteiger partial charge in [-0.05, 0) is 36.8 Å². The maximum atomic E-state index is 13.4. The summed E-state index contributed by atoms with van der Waals surface area (Å²) in [6.45, 7) is 1.73. The number of carbonyl (C=O) groups excluding carboxylic acids is 1. The number of nitrogens with zero attached hydrogens (tertiary/aromatic N) is 2. The van der Waals surface area contributed by atoms with Gasteiger partial charge in [0.15, 0.2) is 4.80 Å². The van der Waals surface area contributed by atoms with Crippen LogP contribution < -0.4 is 19.6 Å². The van der Waals surface area contributed by atoms with Crippen LogP contribution in [-0.4, -0.2) is 23.4 Å². The third-order valence-corrected chi connectivity index (χ3v) is 6.49. The lowest BCUT2D eigenvalue weighted by atomic mass is 9.81. The quantitative estimate of drug-likeness (QED) is 0.590. The predicted molar refractivity (Wildman–Crippen MR) is 108 cm³/mol. The Labute approximate surface area is 174 Å². The van der Waals surface area contributed by atoms with Crippen molar-refractivity contribution < 1.29 is 18.7 Å². The second kappa shape index (κ2) is 6.63. The summed E-state index contributed by atoms with van der Waals surface area (Å²) >= 11 is 1.21. The van der Waals surface area contributed by atoms with Crippen LogP contribution in [0.4, 0.5) is 4.39 Å². The standard InChI is InChI=1S/C22H17FN2O4S/c1-22-17(20(27)28-2)18(14-5-3-4-6-15(14)29-22)25-19(26)16(30-21(25)24-22)11-12-7-9-13(23)10-8-12/h3-11,17-18H,1-2H3/b16-11+/t17?,18?,22-/m0/s1. The molecule has 2 aromatic carbocycles. The van der Waals surface area contributed by atoms with E-state index in [9.17, 15) is 14.0 Å². The highest BCUT2D eigenvalue weighted by Gasteiger charge is 2.55. The van der Waals surface area contributed by atoms with E-state index in [2.05, 4.69) is 4.99 Å². The maximum Gasteiger partial charge on any atom is 0.317 e. The first-order valence-electron chi connectivity index (χ1n) is 9.35. The van der Waals surface area contributed by atoms with Crippen molar-refractivity contribution in [2.24, 2.45) is 10.9 Å². The van der Waals surface area contributed by atoms with Crippen LogP contribution in [0.1, 0.15) is 24.1 Å². The van der Waals surface area contributed by atoms with Crippen LogP contribution in [0.5, 0.6) is 5.75 Å². The minimum absolute atomic E-state index is 0.263. The molecule has 0 saturated carbocycles. The van der Waals surface area contributed by atoms with Crippen molar-refractivity contribution in [1.82, 2.24) is 4.57 Å². The molecule has 6 nitrogen and oxygen atoms in total. The molecule has 1 aromatic heterocycles. The van der Waals surface area contributed by atoms with Crippen LogP contribution in [0.25, 0.3) is 6.08 Å². The zero-order valence-corrected chi connectivity index (χ0v) is 17.0. The average Bonchev–Trinajstić information content (AvgIpc) is 3.02. The van der Waals surface area contributed by atoms with Crippen molar-refractivity contribution in [3.05, 3.63) is 85.2 Å². The molecule has 0 spiro atoms. The molecule has 0 saturated heterocycles. The van der Waals surface area contributed by atoms with E-state index in [0.29, 0.717) is 20.6 Å². The number of rotatable bonds is 2. The van der Waals surface area contributed by atoms with Gasteiger partial charge in [0.1, 0.15) is 17.5 Å². The normalized spacial score (nSPS) is 24.3. The van der Waals surface area contributed by atoms with E-state index < -0.39 is 23.7 Å². The monoisotopic (exact) mass is 424 g/mol. The predicted octanol–water partition coefficient (Wildman–Crippen LogP) is 2.00. The van der Waals surface area contributed by atoms with E-state index >= 15 is 0 Å². The Balaban J connectivity index is 1.79. The molecule has 2 aliphatic rings. The fourth-order valence-electron chi connectivity index (χ4n) is 4.14. The van der Waals surface area contributed by atoms with E-state index in [1.807, 2.05) is 18.2 Å². The minimum Gasteiger partial charge on any atom is -0.469 e. The summed E-state index contributed by atoms with van der Waals surface area (Å²) in [4.78, 5) is 31.2. The van der Waals surface area contributed by atoms with E-state index in [4.69, 9.17) is 9.47 Å². The van der Waals surface area contributed by atoms with Gasteiger partial charge in [0, 0.05) is 5.56 Å². The lowest BCUT2D eigenvalue weighted by molar-refractivity contribution is -0.158. The highest BCUT2D eigenvalue weighted by atomic mass is 32.1. The van der Waals surface area contributed by atoms with Gasteiger partial charge in [-0.25, -0.2) is 9.38 Å². The first-order chi connectivity index (χ1) is 14.4. The van der Waals surface area contributed by atoms with Crippen LogP contribution in [0, 0.1) is 11.7 Å². The number of carbonyl (C=O) groups is 1. The SMILES string of the molecule is COC(=O)C1C2c3ccccc3O[C@]1(C)N=c1s/c(=C/c3ccc(F)cc3)c(=O)n12. The molecule has 8 heteroatoms. The van der Waals surface area contributed by atoms with Gasteiger partial charge in [0.2, 0.25) is 5.72 Å². The smallest absolute Gasteiger partial charge is 0.317 e. The Bertz CT molecular complexity index is 1340. The Hall–Kier alpha value is -3.26.